The number of furan rings is 1. The van der Waals surface area contributed by atoms with Crippen LogP contribution in [0.15, 0.2) is 59.0 Å². The van der Waals surface area contributed by atoms with E-state index in [1.54, 1.807) is 30.3 Å². The van der Waals surface area contributed by atoms with Crippen molar-refractivity contribution in [3.05, 3.63) is 71.5 Å². The topological polar surface area (TPSA) is 86.3 Å². The molecule has 2 amide bonds. The monoisotopic (exact) mass is 387 g/mol. The number of fused-ring (bicyclic) bond motifs is 1. The summed E-state index contributed by atoms with van der Waals surface area (Å²) in [6, 6.07) is 18.0. The summed E-state index contributed by atoms with van der Waals surface area (Å²) in [5, 5.41) is 12.7. The minimum absolute atomic E-state index is 0.0822. The van der Waals surface area contributed by atoms with Gasteiger partial charge < -0.3 is 14.6 Å². The summed E-state index contributed by atoms with van der Waals surface area (Å²) in [6.07, 6.45) is 1.67. The lowest BCUT2D eigenvalue weighted by Crippen LogP contribution is -2.41. The number of carbonyl (C=O) groups excluding carboxylic acids is 2. The molecule has 1 N–H and O–H groups in total. The van der Waals surface area contributed by atoms with Gasteiger partial charge in [-0.15, -0.1) is 0 Å². The van der Waals surface area contributed by atoms with Gasteiger partial charge in [0, 0.05) is 30.6 Å². The summed E-state index contributed by atoms with van der Waals surface area (Å²) in [6.45, 7) is 1.87. The van der Waals surface area contributed by atoms with Crippen LogP contribution in [0.3, 0.4) is 0 Å². The molecule has 0 aliphatic carbocycles. The third-order valence-corrected chi connectivity index (χ3v) is 5.37. The first-order chi connectivity index (χ1) is 14.1. The summed E-state index contributed by atoms with van der Waals surface area (Å²) < 4.78 is 5.69. The third kappa shape index (κ3) is 4.14. The maximum atomic E-state index is 12.7. The van der Waals surface area contributed by atoms with Gasteiger partial charge in [0.25, 0.3) is 11.8 Å². The molecule has 2 heterocycles. The van der Waals surface area contributed by atoms with E-state index in [0.717, 1.165) is 23.8 Å². The smallest absolute Gasteiger partial charge is 0.289 e. The van der Waals surface area contributed by atoms with Gasteiger partial charge in [-0.05, 0) is 55.2 Å². The molecule has 0 atom stereocenters. The van der Waals surface area contributed by atoms with Gasteiger partial charge in [0.1, 0.15) is 5.58 Å². The minimum atomic E-state index is -0.143. The zero-order chi connectivity index (χ0) is 20.2. The lowest BCUT2D eigenvalue weighted by Gasteiger charge is -2.31. The van der Waals surface area contributed by atoms with Gasteiger partial charge >= 0.3 is 0 Å². The summed E-state index contributed by atoms with van der Waals surface area (Å²) in [4.78, 5) is 26.8. The fourth-order valence-electron chi connectivity index (χ4n) is 3.62. The fourth-order valence-corrected chi connectivity index (χ4v) is 3.62. The second-order valence-electron chi connectivity index (χ2n) is 7.28. The second kappa shape index (κ2) is 8.19. The van der Waals surface area contributed by atoms with E-state index in [0.29, 0.717) is 42.4 Å². The zero-order valence-corrected chi connectivity index (χ0v) is 15.9. The lowest BCUT2D eigenvalue weighted by atomic mass is 9.96. The molecule has 0 spiro atoms. The van der Waals surface area contributed by atoms with Crippen molar-refractivity contribution in [1.29, 1.82) is 5.26 Å². The van der Waals surface area contributed by atoms with Crippen LogP contribution in [0.5, 0.6) is 0 Å². The number of para-hydroxylation sites is 1. The highest BCUT2D eigenvalue weighted by Gasteiger charge is 2.26. The van der Waals surface area contributed by atoms with Crippen LogP contribution in [-0.4, -0.2) is 36.3 Å². The number of hydrogen-bond acceptors (Lipinski definition) is 4. The van der Waals surface area contributed by atoms with E-state index in [2.05, 4.69) is 5.32 Å². The molecule has 6 heteroatoms. The number of piperidine rings is 1. The van der Waals surface area contributed by atoms with E-state index in [9.17, 15) is 9.59 Å². The van der Waals surface area contributed by atoms with Crippen LogP contribution in [0.1, 0.15) is 39.3 Å². The number of amides is 2. The number of carbonyl (C=O) groups is 2. The fraction of sp³-hybridized carbons (Fsp3) is 0.261. The number of benzene rings is 2. The molecule has 1 aliphatic heterocycles. The predicted octanol–water partition coefficient (Wildman–Crippen LogP) is 3.59. The average molecular weight is 387 g/mol. The Labute approximate surface area is 168 Å². The first kappa shape index (κ1) is 18.8. The molecule has 6 nitrogen and oxygen atoms in total. The predicted molar refractivity (Wildman–Crippen MR) is 108 cm³/mol. The van der Waals surface area contributed by atoms with Crippen LogP contribution in [0.4, 0.5) is 0 Å². The zero-order valence-electron chi connectivity index (χ0n) is 15.9. The molecular weight excluding hydrogens is 366 g/mol. The number of nitrogens with zero attached hydrogens (tertiary/aromatic N) is 2. The highest BCUT2D eigenvalue weighted by atomic mass is 16.3. The first-order valence-electron chi connectivity index (χ1n) is 9.70. The van der Waals surface area contributed by atoms with Crippen LogP contribution in [-0.2, 0) is 0 Å². The second-order valence-corrected chi connectivity index (χ2v) is 7.28. The standard InChI is InChI=1S/C23H21N3O3/c24-14-16-5-7-18(8-6-16)22(27)25-15-17-9-11-26(12-10-17)23(28)21-13-19-3-1-2-4-20(19)29-21/h1-8,13,17H,9-12,15H2,(H,25,27). The molecule has 3 aromatic rings. The molecule has 0 bridgehead atoms. The Balaban J connectivity index is 1.28. The molecule has 1 aliphatic rings. The first-order valence-corrected chi connectivity index (χ1v) is 9.70. The van der Waals surface area contributed by atoms with Gasteiger partial charge in [-0.3, -0.25) is 9.59 Å². The van der Waals surface area contributed by atoms with Gasteiger partial charge in [-0.25, -0.2) is 0 Å². The van der Waals surface area contributed by atoms with Crippen molar-refractivity contribution in [2.75, 3.05) is 19.6 Å². The molecule has 1 aromatic heterocycles. The molecule has 0 saturated carbocycles. The van der Waals surface area contributed by atoms with Gasteiger partial charge in [0.15, 0.2) is 5.76 Å². The number of hydrogen-bond donors (Lipinski definition) is 1. The molecule has 146 valence electrons. The number of likely N-dealkylation sites (tertiary alicyclic amines) is 1. The van der Waals surface area contributed by atoms with E-state index in [1.165, 1.54) is 0 Å². The summed E-state index contributed by atoms with van der Waals surface area (Å²) >= 11 is 0. The van der Waals surface area contributed by atoms with Crippen LogP contribution >= 0.6 is 0 Å². The third-order valence-electron chi connectivity index (χ3n) is 5.37. The van der Waals surface area contributed by atoms with Gasteiger partial charge in [0.05, 0.1) is 11.6 Å². The van der Waals surface area contributed by atoms with Crippen LogP contribution < -0.4 is 5.32 Å². The van der Waals surface area contributed by atoms with E-state index in [4.69, 9.17) is 9.68 Å². The van der Waals surface area contributed by atoms with E-state index >= 15 is 0 Å². The Kier molecular flexibility index (Phi) is 5.30. The molecule has 0 unspecified atom stereocenters. The Bertz CT molecular complexity index is 1040. The highest BCUT2D eigenvalue weighted by molar-refractivity contribution is 5.96. The van der Waals surface area contributed by atoms with Crippen molar-refractivity contribution >= 4 is 22.8 Å². The van der Waals surface area contributed by atoms with E-state index in [1.807, 2.05) is 35.2 Å². The average Bonchev–Trinajstić information content (AvgIpc) is 3.22. The molecule has 1 saturated heterocycles. The van der Waals surface area contributed by atoms with E-state index in [-0.39, 0.29) is 11.8 Å². The summed E-state index contributed by atoms with van der Waals surface area (Å²) in [5.74, 6) is 0.479. The van der Waals surface area contributed by atoms with Gasteiger partial charge in [-0.2, -0.15) is 5.26 Å². The Morgan fingerprint density at radius 2 is 1.83 bits per heavy atom. The molecule has 4 rings (SSSR count). The Morgan fingerprint density at radius 1 is 1.10 bits per heavy atom. The van der Waals surface area contributed by atoms with Gasteiger partial charge in [0.2, 0.25) is 0 Å². The maximum absolute atomic E-state index is 12.7. The molecule has 29 heavy (non-hydrogen) atoms. The summed E-state index contributed by atoms with van der Waals surface area (Å²) in [7, 11) is 0. The number of nitriles is 1. The quantitative estimate of drug-likeness (QED) is 0.741. The van der Waals surface area contributed by atoms with Crippen molar-refractivity contribution in [3.63, 3.8) is 0 Å². The van der Waals surface area contributed by atoms with Crippen molar-refractivity contribution in [3.8, 4) is 6.07 Å². The molecular formula is C23H21N3O3. The SMILES string of the molecule is N#Cc1ccc(C(=O)NCC2CCN(C(=O)c3cc4ccccc4o3)CC2)cc1. The Morgan fingerprint density at radius 3 is 2.52 bits per heavy atom. The highest BCUT2D eigenvalue weighted by Crippen LogP contribution is 2.23. The molecule has 2 aromatic carbocycles. The largest absolute Gasteiger partial charge is 0.451 e. The van der Waals surface area contributed by atoms with Crippen molar-refractivity contribution in [2.24, 2.45) is 5.92 Å². The van der Waals surface area contributed by atoms with Crippen LogP contribution in [0.2, 0.25) is 0 Å². The minimum Gasteiger partial charge on any atom is -0.451 e. The Hall–Kier alpha value is -3.59. The van der Waals surface area contributed by atoms with Crippen molar-refractivity contribution in [2.45, 2.75) is 12.8 Å². The molecule has 1 fully saturated rings. The number of rotatable bonds is 4. The maximum Gasteiger partial charge on any atom is 0.289 e. The number of nitrogens with one attached hydrogen (secondary N) is 1. The van der Waals surface area contributed by atoms with Crippen molar-refractivity contribution in [1.82, 2.24) is 10.2 Å². The van der Waals surface area contributed by atoms with Crippen molar-refractivity contribution < 1.29 is 14.0 Å². The van der Waals surface area contributed by atoms with Crippen LogP contribution in [0, 0.1) is 17.2 Å². The molecule has 0 radical (unpaired) electrons. The summed E-state index contributed by atoms with van der Waals surface area (Å²) in [5.41, 5.74) is 1.79. The normalized spacial score (nSPS) is 14.5. The lowest BCUT2D eigenvalue weighted by molar-refractivity contribution is 0.0655. The van der Waals surface area contributed by atoms with E-state index < -0.39 is 0 Å². The van der Waals surface area contributed by atoms with Gasteiger partial charge in [-0.1, -0.05) is 18.2 Å². The van der Waals surface area contributed by atoms with Crippen LogP contribution in [0.25, 0.3) is 11.0 Å².